The van der Waals surface area contributed by atoms with E-state index < -0.39 is 22.3 Å². The summed E-state index contributed by atoms with van der Waals surface area (Å²) in [5, 5.41) is 38.6. The average molecular weight is 1970 g/mol. The normalized spacial score (nSPS) is 11.3. The van der Waals surface area contributed by atoms with Crippen molar-refractivity contribution >= 4 is 217 Å². The molecule has 0 fully saturated rings. The van der Waals surface area contributed by atoms with Crippen LogP contribution in [0.2, 0.25) is 0 Å². The Morgan fingerprint density at radius 2 is 0.600 bits per heavy atom. The molecular formula is C117H76IN3O18S. The van der Waals surface area contributed by atoms with Gasteiger partial charge in [0.15, 0.2) is 0 Å². The van der Waals surface area contributed by atoms with Gasteiger partial charge in [0, 0.05) is 104 Å². The number of para-hydroxylation sites is 8. The van der Waals surface area contributed by atoms with Crippen LogP contribution in [-0.2, 0) is 10.4 Å². The van der Waals surface area contributed by atoms with Gasteiger partial charge < -0.3 is 65.7 Å². The van der Waals surface area contributed by atoms with Crippen molar-refractivity contribution in [3.63, 3.8) is 0 Å². The summed E-state index contributed by atoms with van der Waals surface area (Å²) in [4.78, 5) is 42.2. The smallest absolute Gasteiger partial charge is 0.394 e. The van der Waals surface area contributed by atoms with Crippen molar-refractivity contribution in [2.24, 2.45) is 0 Å². The first-order valence-electron chi connectivity index (χ1n) is 44.2. The van der Waals surface area contributed by atoms with E-state index in [1.165, 1.54) is 6.07 Å². The standard InChI is InChI=1S/C39H25NO5.C39H23NO4.C32H21NO3.C7H5IO2.H2O4S/c41-39(42)32-11-5-7-13-36(32)44-30-17-15-28(16-18-30)40(27-8-2-1-3-9-27)29-23-33(25-14-19-34-26(22-25)20-21-43-34)38-31-10-4-6-12-35(31)45-37(38)24-29;41-39-30-11-5-7-13-35(30)43-36-17-15-27(21-32(36)39)40(26-8-2-1-3-9-26)28-22-31(24-14-16-33-25(20-24)18-19-42-33)38-29-10-4-6-12-34(29)44-37(38)23-28;34-26-13-11-24(12-14-26)33(23-6-2-1-3-7-23)25-19-28(21-10-15-29-22(18-21)16-17-35-29)32-27-8-4-5-9-30(27)36-31(32)20-25;8-6-4-2-1-3-5(6)7(9)10;1-5(2,3)4/h1-24H,(H,41,42);1-23H;1-20,34H;1-4H,(H,9,10);(H2,1,2,3,4). The van der Waals surface area contributed by atoms with Gasteiger partial charge in [-0.05, 0) is 286 Å². The first-order chi connectivity index (χ1) is 68.3. The summed E-state index contributed by atoms with van der Waals surface area (Å²) >= 11 is 1.99. The predicted molar refractivity (Wildman–Crippen MR) is 560 cm³/mol. The largest absolute Gasteiger partial charge is 0.508 e. The number of benzene rings is 18. The number of ether oxygens (including phenoxy) is 1. The minimum absolute atomic E-state index is 0.0569. The molecule has 680 valence electrons. The maximum Gasteiger partial charge on any atom is 0.394 e. The number of nitrogens with zero attached hydrogens (tertiary/aromatic N) is 3. The Bertz CT molecular complexity index is 9180. The van der Waals surface area contributed by atoms with Crippen LogP contribution in [0.25, 0.3) is 154 Å². The number of phenols is 1. The van der Waals surface area contributed by atoms with Crippen LogP contribution in [0.4, 0.5) is 51.2 Å². The summed E-state index contributed by atoms with van der Waals surface area (Å²) in [6.07, 6.45) is 5.14. The molecule has 25 aromatic rings. The van der Waals surface area contributed by atoms with Gasteiger partial charge in [0.1, 0.15) is 84.2 Å². The third-order valence-electron chi connectivity index (χ3n) is 24.0. The predicted octanol–water partition coefficient (Wildman–Crippen LogP) is 32.2. The fraction of sp³-hybridized carbons (Fsp3) is 0. The van der Waals surface area contributed by atoms with E-state index in [1.54, 1.807) is 73.4 Å². The molecular weight excluding hydrogens is 1890 g/mol. The topological polar surface area (TPSA) is 297 Å². The molecule has 18 aromatic carbocycles. The number of hydrogen-bond acceptors (Lipinski definition) is 17. The second-order valence-corrected chi connectivity index (χ2v) is 34.7. The van der Waals surface area contributed by atoms with Crippen LogP contribution in [0, 0.1) is 3.57 Å². The van der Waals surface area contributed by atoms with Gasteiger partial charge in [-0.25, -0.2) is 9.59 Å². The first-order valence-corrected chi connectivity index (χ1v) is 46.6. The van der Waals surface area contributed by atoms with Crippen LogP contribution in [-0.4, -0.2) is 44.8 Å². The van der Waals surface area contributed by atoms with Gasteiger partial charge in [-0.15, -0.1) is 0 Å². The van der Waals surface area contributed by atoms with Crippen molar-refractivity contribution in [1.82, 2.24) is 0 Å². The number of phenolic OH excluding ortho intramolecular Hbond substituents is 1. The molecule has 21 nitrogen and oxygen atoms in total. The van der Waals surface area contributed by atoms with Crippen LogP contribution in [0.3, 0.4) is 0 Å². The number of halogens is 1. The molecule has 5 N–H and O–H groups in total. The molecule has 0 saturated heterocycles. The van der Waals surface area contributed by atoms with Gasteiger partial charge in [0.25, 0.3) is 0 Å². The van der Waals surface area contributed by atoms with Gasteiger partial charge in [-0.3, -0.25) is 13.9 Å². The number of furan rings is 6. The maximum atomic E-state index is 13.6. The number of aromatic carboxylic acids is 2. The van der Waals surface area contributed by atoms with E-state index in [1.807, 2.05) is 247 Å². The lowest BCUT2D eigenvalue weighted by Gasteiger charge is -2.26. The highest BCUT2D eigenvalue weighted by atomic mass is 127. The maximum absolute atomic E-state index is 13.6. The van der Waals surface area contributed by atoms with E-state index in [4.69, 9.17) is 58.3 Å². The third kappa shape index (κ3) is 18.1. The molecule has 0 spiro atoms. The molecule has 0 aliphatic rings. The zero-order valence-electron chi connectivity index (χ0n) is 73.7. The molecule has 0 aliphatic heterocycles. The minimum Gasteiger partial charge on any atom is -0.508 e. The van der Waals surface area contributed by atoms with E-state index in [0.717, 1.165) is 187 Å². The molecule has 0 unspecified atom stereocenters. The fourth-order valence-electron chi connectivity index (χ4n) is 17.8. The minimum atomic E-state index is -4.67. The van der Waals surface area contributed by atoms with Crippen molar-refractivity contribution in [1.29, 1.82) is 0 Å². The number of aromatic hydroxyl groups is 1. The summed E-state index contributed by atoms with van der Waals surface area (Å²) in [5.74, 6) is -0.866. The number of anilines is 9. The molecule has 0 bridgehead atoms. The molecule has 0 atom stereocenters. The summed E-state index contributed by atoms with van der Waals surface area (Å²) in [7, 11) is -4.67. The van der Waals surface area contributed by atoms with Crippen molar-refractivity contribution < 1.29 is 78.1 Å². The summed E-state index contributed by atoms with van der Waals surface area (Å²) < 4.78 is 80.6. The Kier molecular flexibility index (Phi) is 24.1. The SMILES string of the molecule is O=C(O)c1ccccc1I.O=C(O)c1ccccc1Oc1ccc(N(c2ccccc2)c2cc(-c3ccc4occc4c3)c3c(c2)oc2ccccc23)cc1.O=S(=O)(O)O.O=c1c2ccccc2oc2ccc(N(c3ccccc3)c3cc(-c4ccc5occc5c4)c4c(c3)oc3ccccc34)cc12.Oc1ccc(N(c2ccccc2)c2cc(-c3ccc4occc4c3)c3c(c2)oc2ccccc23)cc1. The molecule has 23 heteroatoms. The number of carbonyl (C=O) groups is 2. The molecule has 0 aliphatic carbocycles. The van der Waals surface area contributed by atoms with E-state index >= 15 is 0 Å². The summed E-state index contributed by atoms with van der Waals surface area (Å²) in [6.45, 7) is 0. The van der Waals surface area contributed by atoms with Crippen molar-refractivity contribution in [3.8, 4) is 50.6 Å². The second-order valence-electron chi connectivity index (χ2n) is 32.7. The molecule has 25 rings (SSSR count). The van der Waals surface area contributed by atoms with E-state index in [2.05, 4.69) is 142 Å². The van der Waals surface area contributed by atoms with Crippen molar-refractivity contribution in [2.45, 2.75) is 0 Å². The summed E-state index contributed by atoms with van der Waals surface area (Å²) in [6, 6.07) is 134. The molecule has 7 heterocycles. The van der Waals surface area contributed by atoms with Crippen LogP contribution < -0.4 is 24.9 Å². The summed E-state index contributed by atoms with van der Waals surface area (Å²) in [5.41, 5.74) is 23.7. The fourth-order valence-corrected chi connectivity index (χ4v) is 18.4. The van der Waals surface area contributed by atoms with E-state index in [-0.39, 0.29) is 22.5 Å². The Hall–Kier alpha value is -18.0. The third-order valence-corrected chi connectivity index (χ3v) is 24.9. The molecule has 7 aromatic heterocycles. The quantitative estimate of drug-likeness (QED) is 0.0341. The zero-order chi connectivity index (χ0) is 95.7. The van der Waals surface area contributed by atoms with Crippen LogP contribution in [0.5, 0.6) is 17.2 Å². The number of carboxylic acid groups (broad SMARTS) is 2. The van der Waals surface area contributed by atoms with E-state index in [0.29, 0.717) is 33.3 Å². The van der Waals surface area contributed by atoms with E-state index in [9.17, 15) is 24.6 Å². The molecule has 0 radical (unpaired) electrons. The number of fused-ring (bicyclic) bond motifs is 14. The molecule has 0 saturated carbocycles. The van der Waals surface area contributed by atoms with Gasteiger partial charge >= 0.3 is 22.3 Å². The van der Waals surface area contributed by atoms with Crippen LogP contribution in [0.1, 0.15) is 20.7 Å². The monoisotopic (exact) mass is 1970 g/mol. The lowest BCUT2D eigenvalue weighted by atomic mass is 9.97. The Morgan fingerprint density at radius 1 is 0.286 bits per heavy atom. The van der Waals surface area contributed by atoms with Crippen LogP contribution in [0.15, 0.2) is 467 Å². The highest BCUT2D eigenvalue weighted by Crippen LogP contribution is 2.50. The first kappa shape index (κ1) is 88.6. The van der Waals surface area contributed by atoms with Gasteiger partial charge in [-0.2, -0.15) is 8.42 Å². The number of rotatable bonds is 16. The number of carboxylic acids is 2. The Balaban J connectivity index is 0.000000116. The average Bonchev–Trinajstić information content (AvgIpc) is 1.58. The highest BCUT2D eigenvalue weighted by Gasteiger charge is 2.27. The van der Waals surface area contributed by atoms with Gasteiger partial charge in [0.05, 0.1) is 52.2 Å². The van der Waals surface area contributed by atoms with Gasteiger partial charge in [0.2, 0.25) is 5.43 Å². The lowest BCUT2D eigenvalue weighted by Crippen LogP contribution is -2.11. The molecule has 0 amide bonds. The lowest BCUT2D eigenvalue weighted by molar-refractivity contribution is 0.0684. The highest BCUT2D eigenvalue weighted by molar-refractivity contribution is 14.1. The van der Waals surface area contributed by atoms with Crippen molar-refractivity contribution in [2.75, 3.05) is 14.7 Å². The van der Waals surface area contributed by atoms with Crippen molar-refractivity contribution in [3.05, 3.63) is 456 Å². The Labute approximate surface area is 810 Å². The van der Waals surface area contributed by atoms with Crippen LogP contribution >= 0.6 is 22.6 Å². The second kappa shape index (κ2) is 38.0. The Morgan fingerprint density at radius 3 is 1.00 bits per heavy atom. The van der Waals surface area contributed by atoms with Gasteiger partial charge in [-0.1, -0.05) is 164 Å². The number of hydrogen-bond donors (Lipinski definition) is 5. The molecule has 140 heavy (non-hydrogen) atoms. The zero-order valence-corrected chi connectivity index (χ0v) is 76.6.